The monoisotopic (exact) mass is 446 g/mol. The molecule has 0 aliphatic carbocycles. The van der Waals surface area contributed by atoms with E-state index in [0.717, 1.165) is 27.6 Å². The molecular formula is C26H26N2O5. The van der Waals surface area contributed by atoms with E-state index in [9.17, 15) is 4.79 Å². The SMILES string of the molecule is COc1ccccc1OCC1CN(CCOc2cccc3[nH]c4ccccc4c23)C(=O)CO1. The number of benzene rings is 3. The van der Waals surface area contributed by atoms with Crippen LogP contribution in [0.15, 0.2) is 66.7 Å². The molecule has 0 saturated carbocycles. The van der Waals surface area contributed by atoms with Crippen LogP contribution in [-0.2, 0) is 9.53 Å². The Labute approximate surface area is 191 Å². The highest BCUT2D eigenvalue weighted by Gasteiger charge is 2.27. The molecule has 1 amide bonds. The predicted octanol–water partition coefficient (Wildman–Crippen LogP) is 4.01. The van der Waals surface area contributed by atoms with E-state index in [-0.39, 0.29) is 18.6 Å². The lowest BCUT2D eigenvalue weighted by atomic mass is 10.1. The van der Waals surface area contributed by atoms with Gasteiger partial charge in [0.05, 0.1) is 25.7 Å². The molecule has 1 aliphatic rings. The molecule has 7 nitrogen and oxygen atoms in total. The summed E-state index contributed by atoms with van der Waals surface area (Å²) >= 11 is 0. The lowest BCUT2D eigenvalue weighted by molar-refractivity contribution is -0.151. The molecule has 5 rings (SSSR count). The molecule has 3 aromatic carbocycles. The largest absolute Gasteiger partial charge is 0.493 e. The number of hydrogen-bond acceptors (Lipinski definition) is 5. The van der Waals surface area contributed by atoms with Crippen molar-refractivity contribution in [3.8, 4) is 17.2 Å². The van der Waals surface area contributed by atoms with E-state index in [1.807, 2.05) is 54.6 Å². The van der Waals surface area contributed by atoms with Gasteiger partial charge in [0, 0.05) is 16.3 Å². The third-order valence-corrected chi connectivity index (χ3v) is 5.82. The average Bonchev–Trinajstić information content (AvgIpc) is 3.24. The van der Waals surface area contributed by atoms with Gasteiger partial charge in [-0.2, -0.15) is 0 Å². The molecule has 170 valence electrons. The Balaban J connectivity index is 1.20. The summed E-state index contributed by atoms with van der Waals surface area (Å²) in [6, 6.07) is 21.6. The molecule has 4 aromatic rings. The predicted molar refractivity (Wildman–Crippen MR) is 126 cm³/mol. The van der Waals surface area contributed by atoms with Gasteiger partial charge in [0.1, 0.15) is 31.7 Å². The molecule has 33 heavy (non-hydrogen) atoms. The fraction of sp³-hybridized carbons (Fsp3) is 0.269. The zero-order valence-corrected chi connectivity index (χ0v) is 18.5. The summed E-state index contributed by atoms with van der Waals surface area (Å²) in [7, 11) is 1.61. The molecule has 1 aliphatic heterocycles. The highest BCUT2D eigenvalue weighted by molar-refractivity contribution is 6.10. The van der Waals surface area contributed by atoms with E-state index in [2.05, 4.69) is 17.1 Å². The van der Waals surface area contributed by atoms with Crippen LogP contribution in [-0.4, -0.2) is 61.9 Å². The van der Waals surface area contributed by atoms with Crippen molar-refractivity contribution in [2.45, 2.75) is 6.10 Å². The zero-order valence-electron chi connectivity index (χ0n) is 18.5. The molecule has 7 heteroatoms. The van der Waals surface area contributed by atoms with Crippen LogP contribution in [0.25, 0.3) is 21.8 Å². The molecule has 0 radical (unpaired) electrons. The lowest BCUT2D eigenvalue weighted by Gasteiger charge is -2.32. The van der Waals surface area contributed by atoms with Gasteiger partial charge >= 0.3 is 0 Å². The second-order valence-corrected chi connectivity index (χ2v) is 7.93. The number of ether oxygens (including phenoxy) is 4. The van der Waals surface area contributed by atoms with Gasteiger partial charge in [0.15, 0.2) is 11.5 Å². The van der Waals surface area contributed by atoms with E-state index in [4.69, 9.17) is 18.9 Å². The number of aromatic amines is 1. The maximum Gasteiger partial charge on any atom is 0.248 e. The second kappa shape index (κ2) is 9.42. The van der Waals surface area contributed by atoms with Crippen molar-refractivity contribution in [1.82, 2.24) is 9.88 Å². The van der Waals surface area contributed by atoms with Crippen molar-refractivity contribution in [1.29, 1.82) is 0 Å². The number of fused-ring (bicyclic) bond motifs is 3. The molecule has 1 saturated heterocycles. The number of carbonyl (C=O) groups is 1. The number of amides is 1. The van der Waals surface area contributed by atoms with Crippen molar-refractivity contribution in [2.75, 3.05) is 40.0 Å². The third-order valence-electron chi connectivity index (χ3n) is 5.82. The Morgan fingerprint density at radius 2 is 1.70 bits per heavy atom. The topological polar surface area (TPSA) is 73.0 Å². The van der Waals surface area contributed by atoms with Crippen LogP contribution >= 0.6 is 0 Å². The van der Waals surface area contributed by atoms with Crippen LogP contribution in [0.3, 0.4) is 0 Å². The van der Waals surface area contributed by atoms with Crippen LogP contribution < -0.4 is 14.2 Å². The Kier molecular flexibility index (Phi) is 6.04. The average molecular weight is 447 g/mol. The van der Waals surface area contributed by atoms with Crippen LogP contribution in [0.5, 0.6) is 17.2 Å². The number of methoxy groups -OCH3 is 1. The van der Waals surface area contributed by atoms with Crippen LogP contribution in [0.2, 0.25) is 0 Å². The molecule has 1 N–H and O–H groups in total. The molecular weight excluding hydrogens is 420 g/mol. The second-order valence-electron chi connectivity index (χ2n) is 7.93. The van der Waals surface area contributed by atoms with Crippen molar-refractivity contribution in [3.63, 3.8) is 0 Å². The molecule has 1 atom stereocenters. The van der Waals surface area contributed by atoms with E-state index in [1.54, 1.807) is 12.0 Å². The van der Waals surface area contributed by atoms with Crippen LogP contribution in [0.1, 0.15) is 0 Å². The van der Waals surface area contributed by atoms with Crippen molar-refractivity contribution >= 4 is 27.7 Å². The van der Waals surface area contributed by atoms with Gasteiger partial charge in [0.2, 0.25) is 5.91 Å². The number of morpholine rings is 1. The Morgan fingerprint density at radius 3 is 2.58 bits per heavy atom. The number of nitrogens with zero attached hydrogens (tertiary/aromatic N) is 1. The number of aromatic nitrogens is 1. The first kappa shape index (κ1) is 21.2. The summed E-state index contributed by atoms with van der Waals surface area (Å²) in [5.41, 5.74) is 2.11. The number of nitrogens with one attached hydrogen (secondary N) is 1. The minimum atomic E-state index is -0.218. The molecule has 1 fully saturated rings. The zero-order chi connectivity index (χ0) is 22.6. The smallest absolute Gasteiger partial charge is 0.248 e. The molecule has 1 unspecified atom stereocenters. The normalized spacial score (nSPS) is 16.3. The first-order valence-corrected chi connectivity index (χ1v) is 11.0. The van der Waals surface area contributed by atoms with Crippen LogP contribution in [0, 0.1) is 0 Å². The Bertz CT molecular complexity index is 1270. The summed E-state index contributed by atoms with van der Waals surface area (Å²) in [5, 5.41) is 2.18. The highest BCUT2D eigenvalue weighted by Crippen LogP contribution is 2.33. The Hall–Kier alpha value is -3.71. The minimum Gasteiger partial charge on any atom is -0.493 e. The van der Waals surface area contributed by atoms with Crippen molar-refractivity contribution in [3.05, 3.63) is 66.7 Å². The number of para-hydroxylation sites is 3. The third kappa shape index (κ3) is 4.45. The lowest BCUT2D eigenvalue weighted by Crippen LogP contribution is -2.49. The van der Waals surface area contributed by atoms with Gasteiger partial charge in [-0.05, 0) is 30.3 Å². The standard InChI is InChI=1S/C26H26N2O5/c1-30-22-10-4-5-11-23(22)33-16-18-15-28(25(29)17-32-18)13-14-31-24-12-6-9-21-26(24)19-7-2-3-8-20(19)27-21/h2-12,18,27H,13-17H2,1H3. The van der Waals surface area contributed by atoms with Gasteiger partial charge in [-0.1, -0.05) is 36.4 Å². The summed E-state index contributed by atoms with van der Waals surface area (Å²) in [6.45, 7) is 1.70. The van der Waals surface area contributed by atoms with Crippen molar-refractivity contribution < 1.29 is 23.7 Å². The first-order valence-electron chi connectivity index (χ1n) is 11.0. The summed E-state index contributed by atoms with van der Waals surface area (Å²) < 4.78 is 23.0. The number of rotatable bonds is 8. The summed E-state index contributed by atoms with van der Waals surface area (Å²) in [4.78, 5) is 17.6. The highest BCUT2D eigenvalue weighted by atomic mass is 16.5. The quantitative estimate of drug-likeness (QED) is 0.443. The van der Waals surface area contributed by atoms with Crippen molar-refractivity contribution in [2.24, 2.45) is 0 Å². The number of H-pyrrole nitrogens is 1. The van der Waals surface area contributed by atoms with Gasteiger partial charge in [-0.15, -0.1) is 0 Å². The van der Waals surface area contributed by atoms with Crippen LogP contribution in [0.4, 0.5) is 0 Å². The molecule has 2 heterocycles. The molecule has 0 bridgehead atoms. The van der Waals surface area contributed by atoms with E-state index in [0.29, 0.717) is 37.8 Å². The maximum absolute atomic E-state index is 12.4. The summed E-state index contributed by atoms with van der Waals surface area (Å²) in [6.07, 6.45) is -0.218. The van der Waals surface area contributed by atoms with Gasteiger partial charge in [-0.3, -0.25) is 4.79 Å². The minimum absolute atomic E-state index is 0.0397. The van der Waals surface area contributed by atoms with E-state index in [1.165, 1.54) is 0 Å². The van der Waals surface area contributed by atoms with E-state index < -0.39 is 0 Å². The number of hydrogen-bond donors (Lipinski definition) is 1. The Morgan fingerprint density at radius 1 is 0.939 bits per heavy atom. The molecule has 1 aromatic heterocycles. The van der Waals surface area contributed by atoms with E-state index >= 15 is 0 Å². The van der Waals surface area contributed by atoms with Gasteiger partial charge < -0.3 is 28.8 Å². The first-order chi connectivity index (χ1) is 16.2. The fourth-order valence-electron chi connectivity index (χ4n) is 4.17. The summed E-state index contributed by atoms with van der Waals surface area (Å²) in [5.74, 6) is 2.09. The van der Waals surface area contributed by atoms with Gasteiger partial charge in [-0.25, -0.2) is 0 Å². The molecule has 0 spiro atoms. The fourth-order valence-corrected chi connectivity index (χ4v) is 4.17. The van der Waals surface area contributed by atoms with Gasteiger partial charge in [0.25, 0.3) is 0 Å². The number of carbonyl (C=O) groups excluding carboxylic acids is 1. The maximum atomic E-state index is 12.4.